The van der Waals surface area contributed by atoms with E-state index >= 15 is 0 Å². The van der Waals surface area contributed by atoms with E-state index < -0.39 is 0 Å². The van der Waals surface area contributed by atoms with Crippen LogP contribution in [0.5, 0.6) is 0 Å². The van der Waals surface area contributed by atoms with Gasteiger partial charge in [-0.1, -0.05) is 27.2 Å². The van der Waals surface area contributed by atoms with E-state index in [1.54, 1.807) is 0 Å². The lowest BCUT2D eigenvalue weighted by atomic mass is 9.63. The van der Waals surface area contributed by atoms with E-state index in [0.29, 0.717) is 6.04 Å². The number of nitrogens with zero attached hydrogens (tertiary/aromatic N) is 1. The Morgan fingerprint density at radius 2 is 2.11 bits per heavy atom. The lowest BCUT2D eigenvalue weighted by Crippen LogP contribution is -2.64. The molecule has 0 aromatic heterocycles. The first-order valence-electron chi connectivity index (χ1n) is 7.63. The van der Waals surface area contributed by atoms with Gasteiger partial charge in [0.1, 0.15) is 0 Å². The van der Waals surface area contributed by atoms with Crippen molar-refractivity contribution in [1.82, 2.24) is 10.2 Å². The minimum absolute atomic E-state index is 0.0157. The number of amides is 1. The Hall–Kier alpha value is -0.610. The number of rotatable bonds is 5. The fourth-order valence-corrected chi connectivity index (χ4v) is 3.55. The molecule has 1 saturated carbocycles. The van der Waals surface area contributed by atoms with Gasteiger partial charge in [0.05, 0.1) is 18.3 Å². The lowest BCUT2D eigenvalue weighted by molar-refractivity contribution is -0.167. The molecule has 0 spiro atoms. The maximum Gasteiger partial charge on any atom is 0.241 e. The van der Waals surface area contributed by atoms with Gasteiger partial charge in [0.25, 0.3) is 0 Å². The zero-order valence-electron chi connectivity index (χ0n) is 12.9. The van der Waals surface area contributed by atoms with Crippen molar-refractivity contribution < 1.29 is 9.53 Å². The second-order valence-corrected chi connectivity index (χ2v) is 6.45. The van der Waals surface area contributed by atoms with Crippen molar-refractivity contribution in [3.05, 3.63) is 0 Å². The Morgan fingerprint density at radius 1 is 1.42 bits per heavy atom. The highest BCUT2D eigenvalue weighted by atomic mass is 16.5. The lowest BCUT2D eigenvalue weighted by Gasteiger charge is -2.55. The van der Waals surface area contributed by atoms with Crippen LogP contribution in [0.15, 0.2) is 0 Å². The quantitative estimate of drug-likeness (QED) is 0.830. The maximum absolute atomic E-state index is 12.5. The van der Waals surface area contributed by atoms with Crippen molar-refractivity contribution in [2.45, 2.75) is 78.2 Å². The molecule has 1 N–H and O–H groups in total. The SMILES string of the molecule is CCCC1NC(C)N(C2CC(OCC)C2(C)C)C1=O. The average Bonchev–Trinajstić information content (AvgIpc) is 2.61. The molecule has 1 aliphatic carbocycles. The summed E-state index contributed by atoms with van der Waals surface area (Å²) in [4.78, 5) is 14.6. The zero-order valence-corrected chi connectivity index (χ0v) is 12.9. The first kappa shape index (κ1) is 14.8. The summed E-state index contributed by atoms with van der Waals surface area (Å²) in [5, 5.41) is 3.42. The Labute approximate surface area is 116 Å². The molecule has 0 aromatic rings. The van der Waals surface area contributed by atoms with Gasteiger partial charge in [0, 0.05) is 18.1 Å². The smallest absolute Gasteiger partial charge is 0.241 e. The van der Waals surface area contributed by atoms with Gasteiger partial charge in [0.15, 0.2) is 0 Å². The second kappa shape index (κ2) is 5.41. The van der Waals surface area contributed by atoms with Gasteiger partial charge in [-0.05, 0) is 26.7 Å². The predicted molar refractivity (Wildman–Crippen MR) is 75.7 cm³/mol. The standard InChI is InChI=1S/C15H28N2O2/c1-6-8-11-14(18)17(10(3)16-11)12-9-13(19-7-2)15(12,4)5/h10-13,16H,6-9H2,1-5H3. The van der Waals surface area contributed by atoms with Crippen LogP contribution in [0, 0.1) is 5.41 Å². The molecule has 4 unspecified atom stereocenters. The van der Waals surface area contributed by atoms with Gasteiger partial charge in [0.2, 0.25) is 5.91 Å². The highest BCUT2D eigenvalue weighted by Gasteiger charge is 2.55. The number of carbonyl (C=O) groups excluding carboxylic acids is 1. The van der Waals surface area contributed by atoms with Gasteiger partial charge in [-0.25, -0.2) is 0 Å². The summed E-state index contributed by atoms with van der Waals surface area (Å²) in [7, 11) is 0. The van der Waals surface area contributed by atoms with Crippen molar-refractivity contribution in [3.8, 4) is 0 Å². The van der Waals surface area contributed by atoms with Gasteiger partial charge in [-0.3, -0.25) is 10.1 Å². The van der Waals surface area contributed by atoms with Crippen LogP contribution in [-0.2, 0) is 9.53 Å². The normalized spacial score (nSPS) is 37.5. The molecule has 4 heteroatoms. The highest BCUT2D eigenvalue weighted by Crippen LogP contribution is 2.47. The first-order chi connectivity index (χ1) is 8.93. The number of nitrogens with one attached hydrogen (secondary N) is 1. The van der Waals surface area contributed by atoms with Crippen LogP contribution in [0.2, 0.25) is 0 Å². The van der Waals surface area contributed by atoms with E-state index in [1.165, 1.54) is 0 Å². The third kappa shape index (κ3) is 2.40. The summed E-state index contributed by atoms with van der Waals surface area (Å²) < 4.78 is 5.77. The Kier molecular flexibility index (Phi) is 4.21. The highest BCUT2D eigenvalue weighted by molar-refractivity contribution is 5.84. The van der Waals surface area contributed by atoms with Gasteiger partial charge < -0.3 is 9.64 Å². The third-order valence-electron chi connectivity index (χ3n) is 4.82. The molecule has 4 atom stereocenters. The van der Waals surface area contributed by atoms with E-state index in [-0.39, 0.29) is 29.6 Å². The molecule has 19 heavy (non-hydrogen) atoms. The molecular weight excluding hydrogens is 240 g/mol. The van der Waals surface area contributed by atoms with E-state index in [1.807, 2.05) is 6.92 Å². The Balaban J connectivity index is 2.05. The second-order valence-electron chi connectivity index (χ2n) is 6.45. The van der Waals surface area contributed by atoms with Crippen LogP contribution in [0.25, 0.3) is 0 Å². The van der Waals surface area contributed by atoms with Crippen molar-refractivity contribution >= 4 is 5.91 Å². The Morgan fingerprint density at radius 3 is 2.63 bits per heavy atom. The summed E-state index contributed by atoms with van der Waals surface area (Å²) in [6.07, 6.45) is 3.38. The molecule has 2 fully saturated rings. The topological polar surface area (TPSA) is 41.6 Å². The van der Waals surface area contributed by atoms with E-state index in [2.05, 4.69) is 37.9 Å². The van der Waals surface area contributed by atoms with E-state index in [0.717, 1.165) is 25.9 Å². The zero-order chi connectivity index (χ0) is 14.2. The minimum Gasteiger partial charge on any atom is -0.378 e. The molecule has 0 aromatic carbocycles. The molecule has 2 rings (SSSR count). The van der Waals surface area contributed by atoms with Crippen LogP contribution in [-0.4, -0.2) is 41.8 Å². The number of hydrogen-bond acceptors (Lipinski definition) is 3. The van der Waals surface area contributed by atoms with Crippen LogP contribution >= 0.6 is 0 Å². The monoisotopic (exact) mass is 268 g/mol. The summed E-state index contributed by atoms with van der Waals surface area (Å²) in [6.45, 7) is 11.4. The van der Waals surface area contributed by atoms with Gasteiger partial charge in [-0.2, -0.15) is 0 Å². The summed E-state index contributed by atoms with van der Waals surface area (Å²) in [5.74, 6) is 0.280. The third-order valence-corrected chi connectivity index (χ3v) is 4.82. The largest absolute Gasteiger partial charge is 0.378 e. The summed E-state index contributed by atoms with van der Waals surface area (Å²) in [6, 6.07) is 0.322. The van der Waals surface area contributed by atoms with Gasteiger partial charge >= 0.3 is 0 Å². The number of hydrogen-bond donors (Lipinski definition) is 1. The van der Waals surface area contributed by atoms with Crippen molar-refractivity contribution in [2.75, 3.05) is 6.61 Å². The van der Waals surface area contributed by atoms with Crippen molar-refractivity contribution in [3.63, 3.8) is 0 Å². The number of ether oxygens (including phenoxy) is 1. The molecule has 1 aliphatic heterocycles. The average molecular weight is 268 g/mol. The molecule has 1 heterocycles. The Bertz CT molecular complexity index is 343. The maximum atomic E-state index is 12.5. The molecule has 0 radical (unpaired) electrons. The summed E-state index contributed by atoms with van der Waals surface area (Å²) >= 11 is 0. The molecule has 2 aliphatic rings. The summed E-state index contributed by atoms with van der Waals surface area (Å²) in [5.41, 5.74) is 0.0582. The van der Waals surface area contributed by atoms with Gasteiger partial charge in [-0.15, -0.1) is 0 Å². The van der Waals surface area contributed by atoms with Crippen LogP contribution in [0.4, 0.5) is 0 Å². The predicted octanol–water partition coefficient (Wildman–Crippen LogP) is 2.14. The van der Waals surface area contributed by atoms with Crippen LogP contribution < -0.4 is 5.32 Å². The molecular formula is C15H28N2O2. The van der Waals surface area contributed by atoms with E-state index in [4.69, 9.17) is 4.74 Å². The molecule has 0 bridgehead atoms. The number of carbonyl (C=O) groups is 1. The van der Waals surface area contributed by atoms with Crippen LogP contribution in [0.3, 0.4) is 0 Å². The van der Waals surface area contributed by atoms with Crippen molar-refractivity contribution in [2.24, 2.45) is 5.41 Å². The molecule has 1 amide bonds. The van der Waals surface area contributed by atoms with E-state index in [9.17, 15) is 4.79 Å². The fourth-order valence-electron chi connectivity index (χ4n) is 3.55. The molecule has 4 nitrogen and oxygen atoms in total. The first-order valence-corrected chi connectivity index (χ1v) is 7.63. The minimum atomic E-state index is 0.0157. The van der Waals surface area contributed by atoms with Crippen LogP contribution in [0.1, 0.15) is 53.9 Å². The van der Waals surface area contributed by atoms with Crippen molar-refractivity contribution in [1.29, 1.82) is 0 Å². The molecule has 110 valence electrons. The fraction of sp³-hybridized carbons (Fsp3) is 0.933. The molecule has 1 saturated heterocycles.